The highest BCUT2D eigenvalue weighted by atomic mass is 16.4. The third-order valence-corrected chi connectivity index (χ3v) is 5.40. The molecule has 3 aliphatic heterocycles. The van der Waals surface area contributed by atoms with Crippen LogP contribution in [0.2, 0.25) is 0 Å². The van der Waals surface area contributed by atoms with Gasteiger partial charge in [0.05, 0.1) is 6.04 Å². The van der Waals surface area contributed by atoms with E-state index < -0.39 is 24.1 Å². The number of benzene rings is 1. The Bertz CT molecular complexity index is 686. The minimum atomic E-state index is -2.27. The quantitative estimate of drug-likeness (QED) is 0.449. The molecule has 0 aromatic heterocycles. The van der Waals surface area contributed by atoms with Crippen LogP contribution in [0.15, 0.2) is 30.3 Å². The van der Waals surface area contributed by atoms with E-state index in [0.717, 1.165) is 5.92 Å². The molecule has 0 unspecified atom stereocenters. The zero-order valence-electron chi connectivity index (χ0n) is 16.3. The van der Waals surface area contributed by atoms with Crippen LogP contribution in [0, 0.1) is 5.92 Å². The molecule has 3 aliphatic rings. The van der Waals surface area contributed by atoms with Gasteiger partial charge in [-0.1, -0.05) is 30.3 Å². The summed E-state index contributed by atoms with van der Waals surface area (Å²) in [7, 11) is 0. The van der Waals surface area contributed by atoms with Crippen molar-refractivity contribution in [2.24, 2.45) is 5.92 Å². The van der Waals surface area contributed by atoms with Crippen LogP contribution in [0.1, 0.15) is 37.8 Å². The summed E-state index contributed by atoms with van der Waals surface area (Å²) in [4.78, 5) is 33.7. The molecule has 1 aromatic rings. The van der Waals surface area contributed by atoms with Gasteiger partial charge >= 0.3 is 11.9 Å². The molecular formula is C20H28N2O7. The molecule has 0 spiro atoms. The number of fused-ring (bicyclic) bond motifs is 3. The van der Waals surface area contributed by atoms with E-state index in [9.17, 15) is 14.4 Å². The van der Waals surface area contributed by atoms with E-state index in [1.807, 2.05) is 6.07 Å². The number of nitrogens with zero attached hydrogens (tertiary/aromatic N) is 1. The zero-order valence-corrected chi connectivity index (χ0v) is 16.3. The number of amides is 1. The first-order chi connectivity index (χ1) is 13.7. The molecule has 4 rings (SSSR count). The Labute approximate surface area is 169 Å². The monoisotopic (exact) mass is 408 g/mol. The number of hydrogen-bond donors (Lipinski definition) is 5. The number of carbonyl (C=O) groups is 3. The van der Waals surface area contributed by atoms with E-state index in [1.165, 1.54) is 37.9 Å². The van der Waals surface area contributed by atoms with Crippen molar-refractivity contribution in [2.45, 2.75) is 50.5 Å². The maximum absolute atomic E-state index is 11.5. The number of hydrogen-bond acceptors (Lipinski definition) is 6. The van der Waals surface area contributed by atoms with Crippen molar-refractivity contribution in [3.8, 4) is 0 Å². The van der Waals surface area contributed by atoms with Crippen LogP contribution in [0.4, 0.5) is 0 Å². The number of piperidine rings is 3. The molecule has 0 saturated carbocycles. The molecule has 3 saturated heterocycles. The lowest BCUT2D eigenvalue weighted by Gasteiger charge is -2.48. The van der Waals surface area contributed by atoms with Crippen molar-refractivity contribution in [1.82, 2.24) is 10.2 Å². The number of aliphatic hydroxyl groups is 2. The van der Waals surface area contributed by atoms with Crippen molar-refractivity contribution in [2.75, 3.05) is 13.1 Å². The lowest BCUT2D eigenvalue weighted by molar-refractivity contribution is -0.165. The minimum absolute atomic E-state index is 0.0662. The van der Waals surface area contributed by atoms with Gasteiger partial charge in [0.1, 0.15) is 0 Å². The van der Waals surface area contributed by atoms with E-state index in [-0.39, 0.29) is 11.9 Å². The molecule has 2 bridgehead atoms. The van der Waals surface area contributed by atoms with Crippen LogP contribution in [-0.2, 0) is 14.4 Å². The molecule has 5 N–H and O–H groups in total. The van der Waals surface area contributed by atoms with E-state index in [1.54, 1.807) is 6.92 Å². The highest BCUT2D eigenvalue weighted by Gasteiger charge is 2.38. The maximum Gasteiger partial charge on any atom is 0.335 e. The average molecular weight is 408 g/mol. The summed E-state index contributed by atoms with van der Waals surface area (Å²) >= 11 is 0. The summed E-state index contributed by atoms with van der Waals surface area (Å²) in [6.07, 6.45) is -0.647. The fourth-order valence-corrected chi connectivity index (χ4v) is 3.91. The van der Waals surface area contributed by atoms with Gasteiger partial charge in [0.25, 0.3) is 0 Å². The van der Waals surface area contributed by atoms with Crippen molar-refractivity contribution in [1.29, 1.82) is 0 Å². The topological polar surface area (TPSA) is 147 Å². The molecule has 1 amide bonds. The van der Waals surface area contributed by atoms with Gasteiger partial charge in [0, 0.05) is 13.0 Å². The molecule has 3 heterocycles. The summed E-state index contributed by atoms with van der Waals surface area (Å²) in [6.45, 7) is 4.00. The molecule has 9 nitrogen and oxygen atoms in total. The second kappa shape index (κ2) is 10.3. The third kappa shape index (κ3) is 6.25. The van der Waals surface area contributed by atoms with Gasteiger partial charge in [-0.2, -0.15) is 0 Å². The SMILES string of the molecule is CC(=O)N[C@@H](c1ccccc1)[C@@H]1CC2CCN1CC2.O=C(O)[C@@H](O)[C@H](O)C(=O)O. The van der Waals surface area contributed by atoms with Crippen LogP contribution in [0.5, 0.6) is 0 Å². The normalized spacial score (nSPS) is 25.7. The highest BCUT2D eigenvalue weighted by Crippen LogP contribution is 2.37. The second-order valence-electron chi connectivity index (χ2n) is 7.44. The summed E-state index contributed by atoms with van der Waals surface area (Å²) in [5, 5.41) is 35.7. The van der Waals surface area contributed by atoms with Crippen molar-refractivity contribution >= 4 is 17.8 Å². The smallest absolute Gasteiger partial charge is 0.335 e. The van der Waals surface area contributed by atoms with Crippen molar-refractivity contribution in [3.05, 3.63) is 35.9 Å². The van der Waals surface area contributed by atoms with Gasteiger partial charge in [0.2, 0.25) is 5.91 Å². The minimum Gasteiger partial charge on any atom is -0.479 e. The standard InChI is InChI=1S/C16H22N2O.C4H6O6/c1-12(19)17-16(14-5-3-2-4-6-14)15-11-13-7-9-18(15)10-8-13;5-1(3(7)8)2(6)4(9)10/h2-6,13,15-16H,7-11H2,1H3,(H,17,19);1-2,5-6H,(H,7,8)(H,9,10)/t15-,16-;1-,2-/m00/s1. The molecule has 4 atom stereocenters. The van der Waals surface area contributed by atoms with Crippen molar-refractivity contribution in [3.63, 3.8) is 0 Å². The third-order valence-electron chi connectivity index (χ3n) is 5.40. The number of aliphatic carboxylic acids is 2. The molecule has 9 heteroatoms. The van der Waals surface area contributed by atoms with Crippen molar-refractivity contribution < 1.29 is 34.8 Å². The van der Waals surface area contributed by atoms with Crippen LogP contribution in [0.3, 0.4) is 0 Å². The summed E-state index contributed by atoms with van der Waals surface area (Å²) < 4.78 is 0. The van der Waals surface area contributed by atoms with Crippen LogP contribution >= 0.6 is 0 Å². The van der Waals surface area contributed by atoms with Gasteiger partial charge < -0.3 is 25.7 Å². The first kappa shape index (κ1) is 22.8. The molecule has 0 aliphatic carbocycles. The summed E-state index contributed by atoms with van der Waals surface area (Å²) in [6, 6.07) is 11.0. The van der Waals surface area contributed by atoms with Gasteiger partial charge in [-0.15, -0.1) is 0 Å². The summed E-state index contributed by atoms with van der Waals surface area (Å²) in [5.41, 5.74) is 1.23. The second-order valence-corrected chi connectivity index (χ2v) is 7.44. The molecular weight excluding hydrogens is 380 g/mol. The molecule has 0 radical (unpaired) electrons. The van der Waals surface area contributed by atoms with E-state index in [0.29, 0.717) is 6.04 Å². The first-order valence-electron chi connectivity index (χ1n) is 9.58. The molecule has 1 aromatic carbocycles. The van der Waals surface area contributed by atoms with Gasteiger partial charge in [0.15, 0.2) is 12.2 Å². The lowest BCUT2D eigenvalue weighted by atomic mass is 9.79. The molecule has 160 valence electrons. The fraction of sp³-hybridized carbons (Fsp3) is 0.550. The molecule has 3 fully saturated rings. The Hall–Kier alpha value is -2.49. The van der Waals surface area contributed by atoms with E-state index in [2.05, 4.69) is 34.5 Å². The van der Waals surface area contributed by atoms with E-state index in [4.69, 9.17) is 20.4 Å². The van der Waals surface area contributed by atoms with Gasteiger partial charge in [-0.25, -0.2) is 9.59 Å². The Balaban J connectivity index is 0.000000257. The number of aliphatic hydroxyl groups excluding tert-OH is 2. The van der Waals surface area contributed by atoms with Crippen LogP contribution in [-0.4, -0.2) is 74.5 Å². The maximum atomic E-state index is 11.5. The number of rotatable bonds is 6. The highest BCUT2D eigenvalue weighted by molar-refractivity contribution is 5.83. The Morgan fingerprint density at radius 1 is 1.00 bits per heavy atom. The average Bonchev–Trinajstić information content (AvgIpc) is 2.72. The zero-order chi connectivity index (χ0) is 21.6. The van der Waals surface area contributed by atoms with E-state index >= 15 is 0 Å². The van der Waals surface area contributed by atoms with Crippen LogP contribution in [0.25, 0.3) is 0 Å². The lowest BCUT2D eigenvalue weighted by Crippen LogP contribution is -2.54. The van der Waals surface area contributed by atoms with Crippen LogP contribution < -0.4 is 5.32 Å². The van der Waals surface area contributed by atoms with Gasteiger partial charge in [-0.05, 0) is 43.8 Å². The Morgan fingerprint density at radius 2 is 1.52 bits per heavy atom. The predicted molar refractivity (Wildman–Crippen MR) is 103 cm³/mol. The Kier molecular flexibility index (Phi) is 8.12. The summed E-state index contributed by atoms with van der Waals surface area (Å²) in [5.74, 6) is -2.61. The number of nitrogens with one attached hydrogen (secondary N) is 1. The number of carboxylic acid groups (broad SMARTS) is 2. The number of carbonyl (C=O) groups excluding carboxylic acids is 1. The Morgan fingerprint density at radius 3 is 1.90 bits per heavy atom. The van der Waals surface area contributed by atoms with Gasteiger partial charge in [-0.3, -0.25) is 9.69 Å². The molecule has 29 heavy (non-hydrogen) atoms. The first-order valence-corrected chi connectivity index (χ1v) is 9.58. The number of carboxylic acids is 2. The predicted octanol–water partition coefficient (Wildman–Crippen LogP) is 0.226. The fourth-order valence-electron chi connectivity index (χ4n) is 3.91. The largest absolute Gasteiger partial charge is 0.479 e.